The molecule has 0 aliphatic heterocycles. The monoisotopic (exact) mass is 347 g/mol. The van der Waals surface area contributed by atoms with Crippen molar-refractivity contribution in [3.8, 4) is 5.75 Å². The SMILES string of the molecule is Cc1ccc(NC(=O)COC(=O)COc2cccc(Cl)c2)c(C)c1. The van der Waals surface area contributed by atoms with Crippen LogP contribution in [0.25, 0.3) is 0 Å². The Labute approximate surface area is 145 Å². The van der Waals surface area contributed by atoms with Crippen LogP contribution in [0.5, 0.6) is 5.75 Å². The van der Waals surface area contributed by atoms with Crippen molar-refractivity contribution in [1.29, 1.82) is 0 Å². The van der Waals surface area contributed by atoms with E-state index in [1.807, 2.05) is 32.0 Å². The van der Waals surface area contributed by atoms with Gasteiger partial charge in [-0.2, -0.15) is 0 Å². The number of amides is 1. The van der Waals surface area contributed by atoms with Crippen LogP contribution in [0.1, 0.15) is 11.1 Å². The Morgan fingerprint density at radius 2 is 1.88 bits per heavy atom. The van der Waals surface area contributed by atoms with E-state index in [4.69, 9.17) is 21.1 Å². The molecule has 6 heteroatoms. The van der Waals surface area contributed by atoms with Crippen LogP contribution in [0.15, 0.2) is 42.5 Å². The van der Waals surface area contributed by atoms with Crippen molar-refractivity contribution in [3.05, 3.63) is 58.6 Å². The van der Waals surface area contributed by atoms with Crippen LogP contribution in [-0.4, -0.2) is 25.1 Å². The quantitative estimate of drug-likeness (QED) is 0.812. The fraction of sp³-hybridized carbons (Fsp3) is 0.222. The number of hydrogen-bond donors (Lipinski definition) is 1. The topological polar surface area (TPSA) is 64.6 Å². The van der Waals surface area contributed by atoms with Gasteiger partial charge in [-0.3, -0.25) is 4.79 Å². The maximum Gasteiger partial charge on any atom is 0.344 e. The number of carbonyl (C=O) groups excluding carboxylic acids is 2. The van der Waals surface area contributed by atoms with Gasteiger partial charge in [-0.05, 0) is 43.7 Å². The summed E-state index contributed by atoms with van der Waals surface area (Å²) in [6.45, 7) is 3.20. The lowest BCUT2D eigenvalue weighted by molar-refractivity contribution is -0.149. The lowest BCUT2D eigenvalue weighted by Gasteiger charge is -2.10. The normalized spacial score (nSPS) is 10.1. The number of ether oxygens (including phenoxy) is 2. The lowest BCUT2D eigenvalue weighted by atomic mass is 10.1. The molecule has 0 aliphatic rings. The molecule has 0 aromatic heterocycles. The van der Waals surface area contributed by atoms with Crippen LogP contribution in [-0.2, 0) is 14.3 Å². The second kappa shape index (κ2) is 8.36. The van der Waals surface area contributed by atoms with Gasteiger partial charge in [-0.25, -0.2) is 4.79 Å². The molecule has 5 nitrogen and oxygen atoms in total. The zero-order valence-corrected chi connectivity index (χ0v) is 14.2. The van der Waals surface area contributed by atoms with Crippen molar-refractivity contribution in [2.24, 2.45) is 0 Å². The van der Waals surface area contributed by atoms with Crippen molar-refractivity contribution in [2.75, 3.05) is 18.5 Å². The number of anilines is 1. The fourth-order valence-electron chi connectivity index (χ4n) is 2.03. The van der Waals surface area contributed by atoms with Crippen molar-refractivity contribution < 1.29 is 19.1 Å². The molecule has 1 amide bonds. The van der Waals surface area contributed by atoms with Crippen LogP contribution in [0.3, 0.4) is 0 Å². The van der Waals surface area contributed by atoms with Crippen molar-refractivity contribution >= 4 is 29.2 Å². The van der Waals surface area contributed by atoms with Crippen LogP contribution in [0.2, 0.25) is 5.02 Å². The summed E-state index contributed by atoms with van der Waals surface area (Å²) in [7, 11) is 0. The Kier molecular flexibility index (Phi) is 6.21. The molecule has 0 heterocycles. The van der Waals surface area contributed by atoms with Gasteiger partial charge < -0.3 is 14.8 Å². The largest absolute Gasteiger partial charge is 0.482 e. The van der Waals surface area contributed by atoms with Gasteiger partial charge in [0.05, 0.1) is 0 Å². The van der Waals surface area contributed by atoms with Crippen molar-refractivity contribution in [3.63, 3.8) is 0 Å². The Morgan fingerprint density at radius 3 is 2.58 bits per heavy atom. The van der Waals surface area contributed by atoms with E-state index in [-0.39, 0.29) is 13.2 Å². The molecule has 0 saturated heterocycles. The number of halogens is 1. The second-order valence-corrected chi connectivity index (χ2v) is 5.71. The second-order valence-electron chi connectivity index (χ2n) is 5.27. The van der Waals surface area contributed by atoms with Gasteiger partial charge in [0.25, 0.3) is 5.91 Å². The lowest BCUT2D eigenvalue weighted by Crippen LogP contribution is -2.24. The third-order valence-corrected chi connectivity index (χ3v) is 3.41. The van der Waals surface area contributed by atoms with E-state index in [1.54, 1.807) is 24.3 Å². The summed E-state index contributed by atoms with van der Waals surface area (Å²) >= 11 is 5.81. The zero-order chi connectivity index (χ0) is 17.5. The number of esters is 1. The van der Waals surface area contributed by atoms with E-state index in [1.165, 1.54) is 0 Å². The highest BCUT2D eigenvalue weighted by atomic mass is 35.5. The van der Waals surface area contributed by atoms with Crippen LogP contribution in [0, 0.1) is 13.8 Å². The average Bonchev–Trinajstić information content (AvgIpc) is 2.54. The first-order chi connectivity index (χ1) is 11.4. The number of benzene rings is 2. The highest BCUT2D eigenvalue weighted by Crippen LogP contribution is 2.17. The molecule has 126 valence electrons. The minimum atomic E-state index is -0.634. The van der Waals surface area contributed by atoms with Crippen molar-refractivity contribution in [1.82, 2.24) is 0 Å². The molecule has 24 heavy (non-hydrogen) atoms. The highest BCUT2D eigenvalue weighted by molar-refractivity contribution is 6.30. The van der Waals surface area contributed by atoms with Gasteiger partial charge in [0.2, 0.25) is 0 Å². The molecule has 0 bridgehead atoms. The Bertz CT molecular complexity index is 746. The molecular weight excluding hydrogens is 330 g/mol. The van der Waals surface area contributed by atoms with Crippen LogP contribution in [0.4, 0.5) is 5.69 Å². The predicted molar refractivity (Wildman–Crippen MR) is 92.5 cm³/mol. The van der Waals surface area contributed by atoms with Gasteiger partial charge >= 0.3 is 5.97 Å². The Balaban J connectivity index is 1.75. The molecule has 0 fully saturated rings. The smallest absolute Gasteiger partial charge is 0.344 e. The molecule has 0 radical (unpaired) electrons. The van der Waals surface area contributed by atoms with Crippen molar-refractivity contribution in [2.45, 2.75) is 13.8 Å². The van der Waals surface area contributed by atoms with Gasteiger partial charge in [-0.15, -0.1) is 0 Å². The molecule has 0 atom stereocenters. The third kappa shape index (κ3) is 5.59. The minimum absolute atomic E-state index is 0.294. The summed E-state index contributed by atoms with van der Waals surface area (Å²) < 4.78 is 10.1. The van der Waals surface area contributed by atoms with E-state index in [9.17, 15) is 9.59 Å². The van der Waals surface area contributed by atoms with Crippen LogP contribution < -0.4 is 10.1 Å². The molecule has 1 N–H and O–H groups in total. The minimum Gasteiger partial charge on any atom is -0.482 e. The third-order valence-electron chi connectivity index (χ3n) is 3.17. The molecular formula is C18H18ClNO4. The Hall–Kier alpha value is -2.53. The maximum atomic E-state index is 11.8. The molecule has 0 saturated carbocycles. The Morgan fingerprint density at radius 1 is 1.08 bits per heavy atom. The first-order valence-electron chi connectivity index (χ1n) is 7.35. The van der Waals surface area contributed by atoms with Gasteiger partial charge in [0, 0.05) is 10.7 Å². The van der Waals surface area contributed by atoms with E-state index < -0.39 is 11.9 Å². The number of hydrogen-bond acceptors (Lipinski definition) is 4. The average molecular weight is 348 g/mol. The molecule has 2 aromatic carbocycles. The summed E-state index contributed by atoms with van der Waals surface area (Å²) in [5.41, 5.74) is 2.74. The van der Waals surface area contributed by atoms with Gasteiger partial charge in [0.1, 0.15) is 5.75 Å². The summed E-state index contributed by atoms with van der Waals surface area (Å²) in [5.74, 6) is -0.581. The molecule has 0 aliphatic carbocycles. The molecule has 0 unspecified atom stereocenters. The predicted octanol–water partition coefficient (Wildman–Crippen LogP) is 3.52. The number of rotatable bonds is 6. The maximum absolute atomic E-state index is 11.8. The number of carbonyl (C=O) groups is 2. The first-order valence-corrected chi connectivity index (χ1v) is 7.73. The standard InChI is InChI=1S/C18H18ClNO4/c1-12-6-7-16(13(2)8-12)20-17(21)10-24-18(22)11-23-15-5-3-4-14(19)9-15/h3-9H,10-11H2,1-2H3,(H,20,21). The van der Waals surface area contributed by atoms with E-state index in [2.05, 4.69) is 5.32 Å². The van der Waals surface area contributed by atoms with E-state index >= 15 is 0 Å². The van der Waals surface area contributed by atoms with Gasteiger partial charge in [-0.1, -0.05) is 35.4 Å². The van der Waals surface area contributed by atoms with E-state index in [0.29, 0.717) is 16.5 Å². The number of nitrogens with one attached hydrogen (secondary N) is 1. The first kappa shape index (κ1) is 17.8. The van der Waals surface area contributed by atoms with Crippen LogP contribution >= 0.6 is 11.6 Å². The zero-order valence-electron chi connectivity index (χ0n) is 13.5. The highest BCUT2D eigenvalue weighted by Gasteiger charge is 2.10. The van der Waals surface area contributed by atoms with Gasteiger partial charge in [0.15, 0.2) is 13.2 Å². The summed E-state index contributed by atoms with van der Waals surface area (Å²) in [6.07, 6.45) is 0. The molecule has 0 spiro atoms. The number of aryl methyl sites for hydroxylation is 2. The fourth-order valence-corrected chi connectivity index (χ4v) is 2.21. The summed E-state index contributed by atoms with van der Waals surface area (Å²) in [4.78, 5) is 23.4. The van der Waals surface area contributed by atoms with E-state index in [0.717, 1.165) is 11.1 Å². The molecule has 2 rings (SSSR count). The summed E-state index contributed by atoms with van der Waals surface area (Å²) in [5, 5.41) is 3.21. The molecule has 2 aromatic rings. The summed E-state index contributed by atoms with van der Waals surface area (Å²) in [6, 6.07) is 12.3.